The van der Waals surface area contributed by atoms with E-state index in [2.05, 4.69) is 21.8 Å². The van der Waals surface area contributed by atoms with Gasteiger partial charge in [-0.3, -0.25) is 9.69 Å². The zero-order chi connectivity index (χ0) is 15.5. The number of methoxy groups -OCH3 is 1. The molecule has 0 radical (unpaired) electrons. The van der Waals surface area contributed by atoms with E-state index < -0.39 is 0 Å². The predicted octanol–water partition coefficient (Wildman–Crippen LogP) is 2.00. The number of ether oxygens (including phenoxy) is 1. The Balaban J connectivity index is 1.80. The molecule has 0 saturated carbocycles. The Hall–Kier alpha value is -1.86. The molecule has 0 unspecified atom stereocenters. The Bertz CT molecular complexity index is 625. The molecule has 3 heterocycles. The quantitative estimate of drug-likeness (QED) is 0.936. The minimum atomic E-state index is 0.0409. The maximum absolute atomic E-state index is 12.8. The second-order valence-corrected chi connectivity index (χ2v) is 6.10. The zero-order valence-electron chi connectivity index (χ0n) is 12.8. The van der Waals surface area contributed by atoms with Crippen molar-refractivity contribution in [2.45, 2.75) is 13.0 Å². The van der Waals surface area contributed by atoms with Gasteiger partial charge in [0.05, 0.1) is 13.2 Å². The number of carbonyl (C=O) groups is 1. The van der Waals surface area contributed by atoms with E-state index in [1.54, 1.807) is 13.3 Å². The fourth-order valence-electron chi connectivity index (χ4n) is 2.86. The molecule has 0 aromatic carbocycles. The summed E-state index contributed by atoms with van der Waals surface area (Å²) in [7, 11) is 1.60. The van der Waals surface area contributed by atoms with Gasteiger partial charge in [-0.25, -0.2) is 4.98 Å². The summed E-state index contributed by atoms with van der Waals surface area (Å²) in [6.45, 7) is 5.29. The van der Waals surface area contributed by atoms with Crippen LogP contribution in [0, 0.1) is 0 Å². The zero-order valence-corrected chi connectivity index (χ0v) is 13.6. The van der Waals surface area contributed by atoms with Crippen LogP contribution in [-0.2, 0) is 0 Å². The van der Waals surface area contributed by atoms with Crippen LogP contribution in [0.2, 0.25) is 0 Å². The predicted molar refractivity (Wildman–Crippen MR) is 85.4 cm³/mol. The first kappa shape index (κ1) is 15.1. The van der Waals surface area contributed by atoms with Crippen molar-refractivity contribution in [3.63, 3.8) is 0 Å². The van der Waals surface area contributed by atoms with E-state index in [1.807, 2.05) is 22.5 Å². The molecule has 2 aromatic heterocycles. The van der Waals surface area contributed by atoms with Crippen molar-refractivity contribution in [2.75, 3.05) is 33.3 Å². The standard InChI is InChI=1S/C15H20N4O2S/c1-3-18-7-8-19(10-11(18)14-16-5-6-17-14)15(20)13-12(21-2)4-9-22-13/h4-6,9,11H,3,7-8,10H2,1-2H3,(H,16,17)/t11-/m0/s1. The van der Waals surface area contributed by atoms with E-state index in [-0.39, 0.29) is 11.9 Å². The second kappa shape index (κ2) is 6.50. The van der Waals surface area contributed by atoms with Crippen molar-refractivity contribution in [2.24, 2.45) is 0 Å². The molecule has 1 amide bonds. The summed E-state index contributed by atoms with van der Waals surface area (Å²) in [5.74, 6) is 1.61. The number of H-pyrrole nitrogens is 1. The first-order chi connectivity index (χ1) is 10.7. The average molecular weight is 320 g/mol. The molecular weight excluding hydrogens is 300 g/mol. The van der Waals surface area contributed by atoms with Crippen LogP contribution in [0.5, 0.6) is 5.75 Å². The summed E-state index contributed by atoms with van der Waals surface area (Å²) >= 11 is 1.43. The van der Waals surface area contributed by atoms with Crippen LogP contribution in [0.4, 0.5) is 0 Å². The van der Waals surface area contributed by atoms with Crippen molar-refractivity contribution in [1.82, 2.24) is 19.8 Å². The summed E-state index contributed by atoms with van der Waals surface area (Å²) in [6.07, 6.45) is 3.58. The number of nitrogens with zero attached hydrogens (tertiary/aromatic N) is 3. The highest BCUT2D eigenvalue weighted by molar-refractivity contribution is 7.12. The Morgan fingerprint density at radius 1 is 1.55 bits per heavy atom. The lowest BCUT2D eigenvalue weighted by Gasteiger charge is -2.39. The van der Waals surface area contributed by atoms with Gasteiger partial charge in [0.1, 0.15) is 16.5 Å². The number of carbonyl (C=O) groups excluding carboxylic acids is 1. The van der Waals surface area contributed by atoms with Crippen molar-refractivity contribution >= 4 is 17.2 Å². The number of imidazole rings is 1. The van der Waals surface area contributed by atoms with E-state index in [1.165, 1.54) is 11.3 Å². The minimum Gasteiger partial charge on any atom is -0.495 e. The Kier molecular flexibility index (Phi) is 4.44. The molecule has 0 aliphatic carbocycles. The average Bonchev–Trinajstić information content (AvgIpc) is 3.24. The molecule has 6 nitrogen and oxygen atoms in total. The molecule has 1 saturated heterocycles. The maximum atomic E-state index is 12.8. The van der Waals surface area contributed by atoms with Crippen LogP contribution in [0.3, 0.4) is 0 Å². The summed E-state index contributed by atoms with van der Waals surface area (Å²) in [5, 5.41) is 1.89. The van der Waals surface area contributed by atoms with Crippen molar-refractivity contribution < 1.29 is 9.53 Å². The van der Waals surface area contributed by atoms with E-state index in [9.17, 15) is 4.79 Å². The van der Waals surface area contributed by atoms with Crippen molar-refractivity contribution in [1.29, 1.82) is 0 Å². The molecule has 2 aromatic rings. The first-order valence-electron chi connectivity index (χ1n) is 7.38. The first-order valence-corrected chi connectivity index (χ1v) is 8.26. The lowest BCUT2D eigenvalue weighted by Crippen LogP contribution is -2.50. The van der Waals surface area contributed by atoms with Gasteiger partial charge in [-0.05, 0) is 18.0 Å². The molecule has 0 bridgehead atoms. The maximum Gasteiger partial charge on any atom is 0.267 e. The van der Waals surface area contributed by atoms with Gasteiger partial charge in [-0.2, -0.15) is 0 Å². The third kappa shape index (κ3) is 2.74. The van der Waals surface area contributed by atoms with E-state index in [0.717, 1.165) is 25.5 Å². The number of aromatic nitrogens is 2. The lowest BCUT2D eigenvalue weighted by atomic mass is 10.1. The number of rotatable bonds is 4. The largest absolute Gasteiger partial charge is 0.495 e. The van der Waals surface area contributed by atoms with Gasteiger partial charge in [-0.15, -0.1) is 11.3 Å². The van der Waals surface area contributed by atoms with Gasteiger partial charge < -0.3 is 14.6 Å². The molecule has 1 atom stereocenters. The molecular formula is C15H20N4O2S. The molecule has 118 valence electrons. The van der Waals surface area contributed by atoms with Crippen LogP contribution in [0.25, 0.3) is 0 Å². The van der Waals surface area contributed by atoms with Gasteiger partial charge in [-0.1, -0.05) is 6.92 Å². The number of hydrogen-bond acceptors (Lipinski definition) is 5. The number of amides is 1. The molecule has 1 aliphatic heterocycles. The second-order valence-electron chi connectivity index (χ2n) is 5.19. The third-order valence-corrected chi connectivity index (χ3v) is 4.95. The van der Waals surface area contributed by atoms with E-state index in [4.69, 9.17) is 4.74 Å². The smallest absolute Gasteiger partial charge is 0.267 e. The molecule has 7 heteroatoms. The molecule has 0 spiro atoms. The fraction of sp³-hybridized carbons (Fsp3) is 0.467. The Morgan fingerprint density at radius 2 is 2.41 bits per heavy atom. The third-order valence-electron chi connectivity index (χ3n) is 4.06. The van der Waals surface area contributed by atoms with Gasteiger partial charge in [0, 0.05) is 32.0 Å². The van der Waals surface area contributed by atoms with Crippen LogP contribution < -0.4 is 4.74 Å². The number of nitrogens with one attached hydrogen (secondary N) is 1. The molecule has 1 aliphatic rings. The van der Waals surface area contributed by atoms with Crippen LogP contribution in [-0.4, -0.2) is 59.0 Å². The van der Waals surface area contributed by atoms with Gasteiger partial charge in [0.2, 0.25) is 0 Å². The topological polar surface area (TPSA) is 61.5 Å². The van der Waals surface area contributed by atoms with Crippen LogP contribution in [0.1, 0.15) is 28.5 Å². The van der Waals surface area contributed by atoms with Crippen LogP contribution in [0.15, 0.2) is 23.8 Å². The highest BCUT2D eigenvalue weighted by Crippen LogP contribution is 2.29. The number of thiophene rings is 1. The summed E-state index contributed by atoms with van der Waals surface area (Å²) in [5.41, 5.74) is 0. The Morgan fingerprint density at radius 3 is 3.09 bits per heavy atom. The monoisotopic (exact) mass is 320 g/mol. The summed E-state index contributed by atoms with van der Waals surface area (Å²) < 4.78 is 5.27. The lowest BCUT2D eigenvalue weighted by molar-refractivity contribution is 0.0481. The van der Waals surface area contributed by atoms with Crippen molar-refractivity contribution in [3.05, 3.63) is 34.5 Å². The number of hydrogen-bond donors (Lipinski definition) is 1. The van der Waals surface area contributed by atoms with Gasteiger partial charge in [0.25, 0.3) is 5.91 Å². The SMILES string of the molecule is CCN1CCN(C(=O)c2sccc2OC)C[C@H]1c1ncc[nH]1. The highest BCUT2D eigenvalue weighted by atomic mass is 32.1. The Labute approximate surface area is 133 Å². The van der Waals surface area contributed by atoms with E-state index in [0.29, 0.717) is 17.2 Å². The van der Waals surface area contributed by atoms with Crippen molar-refractivity contribution in [3.8, 4) is 5.75 Å². The molecule has 3 rings (SSSR count). The highest BCUT2D eigenvalue weighted by Gasteiger charge is 2.32. The summed E-state index contributed by atoms with van der Waals surface area (Å²) in [6, 6.07) is 1.95. The molecule has 22 heavy (non-hydrogen) atoms. The van der Waals surface area contributed by atoms with Gasteiger partial charge in [0.15, 0.2) is 0 Å². The number of likely N-dealkylation sites (N-methyl/N-ethyl adjacent to an activating group) is 1. The normalized spacial score (nSPS) is 19.4. The molecule has 1 N–H and O–H groups in total. The van der Waals surface area contributed by atoms with Crippen LogP contribution >= 0.6 is 11.3 Å². The van der Waals surface area contributed by atoms with E-state index >= 15 is 0 Å². The van der Waals surface area contributed by atoms with Gasteiger partial charge >= 0.3 is 0 Å². The molecule has 1 fully saturated rings. The summed E-state index contributed by atoms with van der Waals surface area (Å²) in [4.78, 5) is 25.2. The number of piperazine rings is 1. The minimum absolute atomic E-state index is 0.0409. The number of aromatic amines is 1. The fourth-order valence-corrected chi connectivity index (χ4v) is 3.69.